The number of aliphatic hydroxyl groups excluding tert-OH is 1. The zero-order chi connectivity index (χ0) is 12.7. The maximum atomic E-state index is 10.9. The normalized spacial score (nSPS) is 11.9. The zero-order valence-electron chi connectivity index (χ0n) is 10.2. The van der Waals surface area contributed by atoms with Crippen LogP contribution in [0.3, 0.4) is 0 Å². The number of esters is 1. The van der Waals surface area contributed by atoms with Gasteiger partial charge in [0.15, 0.2) is 6.10 Å². The molecule has 1 N–H and O–H groups in total. The van der Waals surface area contributed by atoms with Crippen molar-refractivity contribution in [2.45, 2.75) is 25.4 Å². The first-order valence-corrected chi connectivity index (χ1v) is 5.56. The van der Waals surface area contributed by atoms with Crippen LogP contribution in [0, 0.1) is 0 Å². The summed E-state index contributed by atoms with van der Waals surface area (Å²) in [5.41, 5.74) is 1.16. The molecule has 0 saturated carbocycles. The first kappa shape index (κ1) is 13.5. The predicted molar refractivity (Wildman–Crippen MR) is 64.0 cm³/mol. The molecule has 1 aromatic rings. The second-order valence-corrected chi connectivity index (χ2v) is 3.78. The van der Waals surface area contributed by atoms with Gasteiger partial charge in [0.1, 0.15) is 5.75 Å². The summed E-state index contributed by atoms with van der Waals surface area (Å²) in [6.07, 6.45) is 0.956. The van der Waals surface area contributed by atoms with E-state index in [2.05, 4.69) is 4.74 Å². The highest BCUT2D eigenvalue weighted by Gasteiger charge is 2.14. The number of rotatable bonds is 6. The van der Waals surface area contributed by atoms with Gasteiger partial charge in [-0.05, 0) is 37.0 Å². The van der Waals surface area contributed by atoms with Crippen molar-refractivity contribution in [3.05, 3.63) is 29.8 Å². The molecular formula is C13H18O4. The van der Waals surface area contributed by atoms with Crippen LogP contribution in [0.2, 0.25) is 0 Å². The average molecular weight is 238 g/mol. The zero-order valence-corrected chi connectivity index (χ0v) is 10.2. The molecule has 0 bridgehead atoms. The van der Waals surface area contributed by atoms with Gasteiger partial charge in [-0.2, -0.15) is 0 Å². The summed E-state index contributed by atoms with van der Waals surface area (Å²) in [6, 6.07) is 7.74. The van der Waals surface area contributed by atoms with Gasteiger partial charge in [-0.25, -0.2) is 4.79 Å². The Morgan fingerprint density at radius 2 is 1.94 bits per heavy atom. The predicted octanol–water partition coefficient (Wildman–Crippen LogP) is 1.55. The number of methoxy groups -OCH3 is 2. The Hall–Kier alpha value is -1.55. The molecule has 0 radical (unpaired) electrons. The summed E-state index contributed by atoms with van der Waals surface area (Å²) in [6.45, 7) is 0. The third-order valence-electron chi connectivity index (χ3n) is 2.58. The summed E-state index contributed by atoms with van der Waals surface area (Å²) >= 11 is 0. The largest absolute Gasteiger partial charge is 0.497 e. The van der Waals surface area contributed by atoms with Gasteiger partial charge < -0.3 is 14.6 Å². The number of carbonyl (C=O) groups is 1. The Bertz CT molecular complexity index is 345. The lowest BCUT2D eigenvalue weighted by Crippen LogP contribution is -2.21. The lowest BCUT2D eigenvalue weighted by molar-refractivity contribution is -0.150. The molecule has 1 unspecified atom stereocenters. The molecule has 94 valence electrons. The molecule has 0 aliphatic carbocycles. The van der Waals surface area contributed by atoms with E-state index in [0.29, 0.717) is 6.42 Å². The van der Waals surface area contributed by atoms with Crippen LogP contribution in [0.4, 0.5) is 0 Å². The molecule has 0 saturated heterocycles. The van der Waals surface area contributed by atoms with Gasteiger partial charge in [0.25, 0.3) is 0 Å². The van der Waals surface area contributed by atoms with Gasteiger partial charge in [-0.3, -0.25) is 0 Å². The molecule has 4 heteroatoms. The van der Waals surface area contributed by atoms with E-state index in [1.807, 2.05) is 24.3 Å². The van der Waals surface area contributed by atoms with E-state index >= 15 is 0 Å². The highest BCUT2D eigenvalue weighted by atomic mass is 16.5. The molecule has 17 heavy (non-hydrogen) atoms. The molecule has 1 rings (SSSR count). The smallest absolute Gasteiger partial charge is 0.334 e. The van der Waals surface area contributed by atoms with Crippen LogP contribution in [-0.2, 0) is 16.0 Å². The molecule has 4 nitrogen and oxygen atoms in total. The summed E-state index contributed by atoms with van der Waals surface area (Å²) in [5, 5.41) is 9.38. The Morgan fingerprint density at radius 1 is 1.29 bits per heavy atom. The summed E-state index contributed by atoms with van der Waals surface area (Å²) in [5.74, 6) is 0.253. The standard InChI is InChI=1S/C13H18O4/c1-16-11-8-6-10(7-9-11)4-3-5-12(14)13(15)17-2/h6-9,12,14H,3-5H2,1-2H3. The van der Waals surface area contributed by atoms with Crippen molar-refractivity contribution in [2.75, 3.05) is 14.2 Å². The molecule has 0 aliphatic heterocycles. The van der Waals surface area contributed by atoms with Crippen molar-refractivity contribution in [1.82, 2.24) is 0 Å². The Kier molecular flexibility index (Phi) is 5.49. The van der Waals surface area contributed by atoms with Crippen molar-refractivity contribution in [1.29, 1.82) is 0 Å². The first-order chi connectivity index (χ1) is 8.17. The molecule has 1 atom stereocenters. The van der Waals surface area contributed by atoms with Gasteiger partial charge >= 0.3 is 5.97 Å². The van der Waals surface area contributed by atoms with Crippen molar-refractivity contribution < 1.29 is 19.4 Å². The molecule has 0 heterocycles. The summed E-state index contributed by atoms with van der Waals surface area (Å²) in [7, 11) is 2.90. The molecule has 0 spiro atoms. The van der Waals surface area contributed by atoms with E-state index in [9.17, 15) is 9.90 Å². The van der Waals surface area contributed by atoms with Crippen LogP contribution in [0.5, 0.6) is 5.75 Å². The minimum absolute atomic E-state index is 0.415. The fourth-order valence-corrected chi connectivity index (χ4v) is 1.55. The molecular weight excluding hydrogens is 220 g/mol. The van der Waals surface area contributed by atoms with E-state index in [-0.39, 0.29) is 0 Å². The summed E-state index contributed by atoms with van der Waals surface area (Å²) < 4.78 is 9.50. The lowest BCUT2D eigenvalue weighted by Gasteiger charge is -2.08. The molecule has 0 amide bonds. The van der Waals surface area contributed by atoms with Crippen LogP contribution in [0.1, 0.15) is 18.4 Å². The maximum absolute atomic E-state index is 10.9. The van der Waals surface area contributed by atoms with E-state index in [1.165, 1.54) is 7.11 Å². The average Bonchev–Trinajstić information content (AvgIpc) is 2.38. The fraction of sp³-hybridized carbons (Fsp3) is 0.462. The SMILES string of the molecule is COC(=O)C(O)CCCc1ccc(OC)cc1. The van der Waals surface area contributed by atoms with Gasteiger partial charge in [-0.1, -0.05) is 12.1 Å². The minimum Gasteiger partial charge on any atom is -0.497 e. The quantitative estimate of drug-likeness (QED) is 0.764. The van der Waals surface area contributed by atoms with Crippen molar-refractivity contribution >= 4 is 5.97 Å². The number of aliphatic hydroxyl groups is 1. The van der Waals surface area contributed by atoms with Gasteiger partial charge in [-0.15, -0.1) is 0 Å². The van der Waals surface area contributed by atoms with Gasteiger partial charge in [0.2, 0.25) is 0 Å². The Morgan fingerprint density at radius 3 is 2.47 bits per heavy atom. The number of carbonyl (C=O) groups excluding carboxylic acids is 1. The van der Waals surface area contributed by atoms with Gasteiger partial charge in [0, 0.05) is 0 Å². The topological polar surface area (TPSA) is 55.8 Å². The van der Waals surface area contributed by atoms with Crippen molar-refractivity contribution in [3.63, 3.8) is 0 Å². The van der Waals surface area contributed by atoms with Crippen LogP contribution < -0.4 is 4.74 Å². The number of benzene rings is 1. The van der Waals surface area contributed by atoms with E-state index in [4.69, 9.17) is 4.74 Å². The number of hydrogen-bond acceptors (Lipinski definition) is 4. The second-order valence-electron chi connectivity index (χ2n) is 3.78. The third kappa shape index (κ3) is 4.44. The highest BCUT2D eigenvalue weighted by molar-refractivity contribution is 5.74. The molecule has 0 fully saturated rings. The van der Waals surface area contributed by atoms with E-state index in [1.54, 1.807) is 7.11 Å². The van der Waals surface area contributed by atoms with Gasteiger partial charge in [0.05, 0.1) is 14.2 Å². The maximum Gasteiger partial charge on any atom is 0.334 e. The summed E-state index contributed by atoms with van der Waals surface area (Å²) in [4.78, 5) is 10.9. The van der Waals surface area contributed by atoms with Crippen LogP contribution >= 0.6 is 0 Å². The number of hydrogen-bond donors (Lipinski definition) is 1. The second kappa shape index (κ2) is 6.91. The fourth-order valence-electron chi connectivity index (χ4n) is 1.55. The monoisotopic (exact) mass is 238 g/mol. The number of aryl methyl sites for hydroxylation is 1. The van der Waals surface area contributed by atoms with Crippen LogP contribution in [0.25, 0.3) is 0 Å². The molecule has 1 aromatic carbocycles. The third-order valence-corrected chi connectivity index (χ3v) is 2.58. The lowest BCUT2D eigenvalue weighted by atomic mass is 10.1. The van der Waals surface area contributed by atoms with Crippen LogP contribution in [-0.4, -0.2) is 31.4 Å². The Balaban J connectivity index is 2.33. The minimum atomic E-state index is -1.02. The van der Waals surface area contributed by atoms with Crippen molar-refractivity contribution in [2.24, 2.45) is 0 Å². The highest BCUT2D eigenvalue weighted by Crippen LogP contribution is 2.13. The van der Waals surface area contributed by atoms with E-state index in [0.717, 1.165) is 24.2 Å². The Labute approximate surface area is 101 Å². The van der Waals surface area contributed by atoms with E-state index < -0.39 is 12.1 Å². The molecule has 0 aliphatic rings. The van der Waals surface area contributed by atoms with Crippen LogP contribution in [0.15, 0.2) is 24.3 Å². The van der Waals surface area contributed by atoms with Crippen molar-refractivity contribution in [3.8, 4) is 5.75 Å². The first-order valence-electron chi connectivity index (χ1n) is 5.56. The molecule has 0 aromatic heterocycles. The number of ether oxygens (including phenoxy) is 2.